The van der Waals surface area contributed by atoms with Gasteiger partial charge in [0.05, 0.1) is 27.8 Å². The molecule has 14 rings (SSSR count). The number of benzene rings is 12. The van der Waals surface area contributed by atoms with Crippen LogP contribution in [0.2, 0.25) is 0 Å². The Kier molecular flexibility index (Phi) is 9.53. The summed E-state index contributed by atoms with van der Waals surface area (Å²) in [4.78, 5) is 2.38. The van der Waals surface area contributed by atoms with Gasteiger partial charge in [-0.25, -0.2) is 0 Å². The van der Waals surface area contributed by atoms with Crippen molar-refractivity contribution in [3.05, 3.63) is 273 Å². The largest absolute Gasteiger partial charge is 0.311 e. The first-order chi connectivity index (χ1) is 35.2. The highest BCUT2D eigenvalue weighted by molar-refractivity contribution is 6.14. The zero-order valence-electron chi connectivity index (χ0n) is 38.8. The number of fused-ring (bicyclic) bond motifs is 9. The maximum absolute atomic E-state index is 2.42. The molecule has 0 aliphatic heterocycles. The Morgan fingerprint density at radius 3 is 1.23 bits per heavy atom. The lowest BCUT2D eigenvalue weighted by molar-refractivity contribution is 1.18. The van der Waals surface area contributed by atoms with Gasteiger partial charge in [-0.3, -0.25) is 0 Å². The van der Waals surface area contributed by atoms with E-state index in [1.54, 1.807) is 0 Å². The Hall–Kier alpha value is -9.44. The number of aromatic nitrogens is 2. The van der Waals surface area contributed by atoms with E-state index in [0.29, 0.717) is 0 Å². The van der Waals surface area contributed by atoms with Crippen LogP contribution in [0.25, 0.3) is 110 Å². The fourth-order valence-corrected chi connectivity index (χ4v) is 11.2. The van der Waals surface area contributed by atoms with Gasteiger partial charge in [-0.15, -0.1) is 0 Å². The molecular formula is C68H45N3. The van der Waals surface area contributed by atoms with E-state index in [2.05, 4.69) is 287 Å². The third-order valence-corrected chi connectivity index (χ3v) is 14.5. The molecule has 14 aromatic rings. The van der Waals surface area contributed by atoms with Gasteiger partial charge in [-0.2, -0.15) is 0 Å². The zero-order chi connectivity index (χ0) is 46.8. The molecule has 12 aromatic carbocycles. The molecule has 2 aromatic heterocycles. The molecule has 0 saturated carbocycles. The summed E-state index contributed by atoms with van der Waals surface area (Å²) in [7, 11) is 0. The van der Waals surface area contributed by atoms with Crippen molar-refractivity contribution in [3.8, 4) is 44.8 Å². The average Bonchev–Trinajstić information content (AvgIpc) is 3.97. The van der Waals surface area contributed by atoms with Gasteiger partial charge in [-0.05, 0) is 134 Å². The summed E-state index contributed by atoms with van der Waals surface area (Å²) in [5.41, 5.74) is 17.4. The molecule has 0 saturated heterocycles. The minimum atomic E-state index is 1.08. The summed E-state index contributed by atoms with van der Waals surface area (Å²) in [5, 5.41) is 10.1. The summed E-state index contributed by atoms with van der Waals surface area (Å²) in [6.07, 6.45) is 0. The second-order valence-electron chi connectivity index (χ2n) is 18.5. The molecular weight excluding hydrogens is 859 g/mol. The van der Waals surface area contributed by atoms with Gasteiger partial charge in [0, 0.05) is 49.9 Å². The fraction of sp³-hybridized carbons (Fsp3) is 0. The summed E-state index contributed by atoms with van der Waals surface area (Å²) in [6.45, 7) is 0. The highest BCUT2D eigenvalue weighted by atomic mass is 15.1. The lowest BCUT2D eigenvalue weighted by atomic mass is 9.93. The monoisotopic (exact) mass is 903 g/mol. The van der Waals surface area contributed by atoms with Crippen molar-refractivity contribution in [1.82, 2.24) is 9.13 Å². The first-order valence-electron chi connectivity index (χ1n) is 24.4. The predicted molar refractivity (Wildman–Crippen MR) is 301 cm³/mol. The molecule has 332 valence electrons. The molecule has 3 nitrogen and oxygen atoms in total. The lowest BCUT2D eigenvalue weighted by Gasteiger charge is -2.26. The van der Waals surface area contributed by atoms with E-state index >= 15 is 0 Å². The average molecular weight is 904 g/mol. The van der Waals surface area contributed by atoms with Crippen molar-refractivity contribution in [1.29, 1.82) is 0 Å². The third-order valence-electron chi connectivity index (χ3n) is 14.5. The Morgan fingerprint density at radius 1 is 0.239 bits per heavy atom. The van der Waals surface area contributed by atoms with Crippen LogP contribution in [0.4, 0.5) is 17.1 Å². The van der Waals surface area contributed by atoms with Crippen molar-refractivity contribution >= 4 is 82.2 Å². The van der Waals surface area contributed by atoms with E-state index in [-0.39, 0.29) is 0 Å². The Bertz CT molecular complexity index is 4220. The Balaban J connectivity index is 0.868. The molecule has 0 bridgehead atoms. The van der Waals surface area contributed by atoms with Crippen LogP contribution in [0.5, 0.6) is 0 Å². The number of nitrogens with zero attached hydrogens (tertiary/aromatic N) is 3. The fourth-order valence-electron chi connectivity index (χ4n) is 11.2. The highest BCUT2D eigenvalue weighted by Crippen LogP contribution is 2.42. The molecule has 2 heterocycles. The van der Waals surface area contributed by atoms with Crippen LogP contribution in [-0.2, 0) is 0 Å². The van der Waals surface area contributed by atoms with Crippen molar-refractivity contribution < 1.29 is 0 Å². The first kappa shape index (κ1) is 40.6. The van der Waals surface area contributed by atoms with Gasteiger partial charge in [0.1, 0.15) is 0 Å². The molecule has 0 radical (unpaired) electrons. The molecule has 0 atom stereocenters. The van der Waals surface area contributed by atoms with Gasteiger partial charge < -0.3 is 14.0 Å². The predicted octanol–water partition coefficient (Wildman–Crippen LogP) is 18.7. The SMILES string of the molecule is c1cc(-c2ccc(N(c3ccc(-c4ccccc4-n4c5ccccc5c5ccccc54)cc3)c3ccc(-c4cc5ccccc5c5ccccc45)cc3)cc2)cc(-n2c3ccccc3c3ccccc32)c1. The van der Waals surface area contributed by atoms with Crippen LogP contribution >= 0.6 is 0 Å². The summed E-state index contributed by atoms with van der Waals surface area (Å²) in [6, 6.07) is 99.6. The third kappa shape index (κ3) is 6.74. The number of hydrogen-bond acceptors (Lipinski definition) is 1. The van der Waals surface area contributed by atoms with Gasteiger partial charge in [-0.1, -0.05) is 188 Å². The highest BCUT2D eigenvalue weighted by Gasteiger charge is 2.19. The second kappa shape index (κ2) is 16.7. The van der Waals surface area contributed by atoms with E-state index in [4.69, 9.17) is 0 Å². The molecule has 0 unspecified atom stereocenters. The number of para-hydroxylation sites is 5. The zero-order valence-corrected chi connectivity index (χ0v) is 38.8. The summed E-state index contributed by atoms with van der Waals surface area (Å²) >= 11 is 0. The quantitative estimate of drug-likeness (QED) is 0.139. The van der Waals surface area contributed by atoms with Crippen LogP contribution in [0.15, 0.2) is 273 Å². The number of rotatable bonds is 8. The maximum Gasteiger partial charge on any atom is 0.0541 e. The van der Waals surface area contributed by atoms with Crippen LogP contribution in [0.1, 0.15) is 0 Å². The van der Waals surface area contributed by atoms with Crippen molar-refractivity contribution in [2.24, 2.45) is 0 Å². The molecule has 0 aliphatic carbocycles. The van der Waals surface area contributed by atoms with Crippen LogP contribution in [0, 0.1) is 0 Å². The maximum atomic E-state index is 2.42. The van der Waals surface area contributed by atoms with E-state index in [1.165, 1.54) is 87.4 Å². The molecule has 0 spiro atoms. The van der Waals surface area contributed by atoms with E-state index in [1.807, 2.05) is 0 Å². The van der Waals surface area contributed by atoms with Gasteiger partial charge >= 0.3 is 0 Å². The van der Waals surface area contributed by atoms with Gasteiger partial charge in [0.2, 0.25) is 0 Å². The number of anilines is 3. The molecule has 3 heteroatoms. The van der Waals surface area contributed by atoms with Gasteiger partial charge in [0.25, 0.3) is 0 Å². The minimum Gasteiger partial charge on any atom is -0.311 e. The van der Waals surface area contributed by atoms with Crippen LogP contribution in [0.3, 0.4) is 0 Å². The molecule has 0 amide bonds. The van der Waals surface area contributed by atoms with E-state index in [9.17, 15) is 0 Å². The van der Waals surface area contributed by atoms with Crippen LogP contribution < -0.4 is 4.90 Å². The van der Waals surface area contributed by atoms with Gasteiger partial charge in [0.15, 0.2) is 0 Å². The minimum absolute atomic E-state index is 1.08. The molecule has 0 N–H and O–H groups in total. The molecule has 71 heavy (non-hydrogen) atoms. The smallest absolute Gasteiger partial charge is 0.0541 e. The van der Waals surface area contributed by atoms with Crippen molar-refractivity contribution in [2.45, 2.75) is 0 Å². The summed E-state index contributed by atoms with van der Waals surface area (Å²) < 4.78 is 4.81. The van der Waals surface area contributed by atoms with Crippen LogP contribution in [-0.4, -0.2) is 9.13 Å². The molecule has 0 fully saturated rings. The normalized spacial score (nSPS) is 11.7. The van der Waals surface area contributed by atoms with Crippen molar-refractivity contribution in [3.63, 3.8) is 0 Å². The number of hydrogen-bond donors (Lipinski definition) is 0. The van der Waals surface area contributed by atoms with E-state index < -0.39 is 0 Å². The standard InChI is InChI=1S/C68H45N3/c1-2-19-55-50(16-1)45-63(58-22-4-3-21-57(55)58)48-36-42-53(43-37-48)69(51-38-32-46(33-39-51)49-17-15-18-54(44-49)70-65-28-11-6-23-59(65)60-24-7-12-29-66(60)70)52-40-34-47(35-41-52)56-20-5-10-27-64(56)71-67-30-13-8-25-61(67)62-26-9-14-31-68(62)71/h1-45H. The first-order valence-corrected chi connectivity index (χ1v) is 24.4. The Labute approximate surface area is 412 Å². The summed E-state index contributed by atoms with van der Waals surface area (Å²) in [5.74, 6) is 0. The van der Waals surface area contributed by atoms with Crippen molar-refractivity contribution in [2.75, 3.05) is 4.90 Å². The topological polar surface area (TPSA) is 13.1 Å². The second-order valence-corrected chi connectivity index (χ2v) is 18.5. The lowest BCUT2D eigenvalue weighted by Crippen LogP contribution is -2.10. The Morgan fingerprint density at radius 2 is 0.662 bits per heavy atom. The molecule has 0 aliphatic rings. The van der Waals surface area contributed by atoms with E-state index in [0.717, 1.165) is 39.6 Å².